The molecule has 0 aromatic heterocycles. The Morgan fingerprint density at radius 2 is 1.87 bits per heavy atom. The molecule has 0 fully saturated rings. The Labute approximate surface area is 84.0 Å². The van der Waals surface area contributed by atoms with Crippen molar-refractivity contribution in [1.82, 2.24) is 0 Å². The number of ether oxygens (including phenoxy) is 1. The van der Waals surface area contributed by atoms with E-state index in [9.17, 15) is 18.0 Å². The number of amidine groups is 1. The highest BCUT2D eigenvalue weighted by atomic mass is 19.4. The maximum Gasteiger partial charge on any atom is 0.453 e. The number of methoxy groups -OCH3 is 1. The first-order valence-electron chi connectivity index (χ1n) is 3.73. The summed E-state index contributed by atoms with van der Waals surface area (Å²) in [5.74, 6) is -1.64. The molecule has 0 saturated carbocycles. The van der Waals surface area contributed by atoms with Crippen LogP contribution in [0, 0.1) is 6.04 Å². The van der Waals surface area contributed by atoms with E-state index in [0.717, 1.165) is 7.11 Å². The lowest BCUT2D eigenvalue weighted by Gasteiger charge is -2.02. The van der Waals surface area contributed by atoms with E-state index in [4.69, 9.17) is 0 Å². The summed E-state index contributed by atoms with van der Waals surface area (Å²) in [5.41, 5.74) is 0. The minimum atomic E-state index is -4.84. The first kappa shape index (κ1) is 13.4. The van der Waals surface area contributed by atoms with Crippen LogP contribution in [0.2, 0.25) is 0 Å². The Balaban J connectivity index is 4.91. The fourth-order valence-corrected chi connectivity index (χ4v) is 0.422. The van der Waals surface area contributed by atoms with Gasteiger partial charge in [0.25, 0.3) is 5.84 Å². The third-order valence-electron chi connectivity index (χ3n) is 0.970. The number of nitrogens with zero attached hydrogens (tertiary/aromatic N) is 3. The van der Waals surface area contributed by atoms with Gasteiger partial charge in [-0.2, -0.15) is 13.2 Å². The summed E-state index contributed by atoms with van der Waals surface area (Å²) in [6, 6.07) is 0.303. The second kappa shape index (κ2) is 5.32. The van der Waals surface area contributed by atoms with Crippen LogP contribution in [0.5, 0.6) is 0 Å². The second-order valence-corrected chi connectivity index (χ2v) is 2.55. The summed E-state index contributed by atoms with van der Waals surface area (Å²) in [7, 11) is 0.911. The Hall–Kier alpha value is -1.60. The van der Waals surface area contributed by atoms with Gasteiger partial charge < -0.3 is 4.74 Å². The third-order valence-corrected chi connectivity index (χ3v) is 0.970. The zero-order chi connectivity index (χ0) is 12.1. The number of rotatable bonds is 1. The number of aliphatic imine (C=N–C) groups is 1. The van der Waals surface area contributed by atoms with Crippen molar-refractivity contribution in [3.63, 3.8) is 0 Å². The molecule has 0 unspecified atom stereocenters. The average molecular weight is 224 g/mol. The van der Waals surface area contributed by atoms with E-state index in [1.165, 1.54) is 13.8 Å². The molecule has 0 aliphatic carbocycles. The number of amides is 1. The summed E-state index contributed by atoms with van der Waals surface area (Å²) in [6.07, 6.45) is -6.22. The highest BCUT2D eigenvalue weighted by molar-refractivity contribution is 5.95. The minimum Gasteiger partial charge on any atom is -0.451 e. The molecular formula is C7H9F3N3O2+. The van der Waals surface area contributed by atoms with Gasteiger partial charge >= 0.3 is 12.3 Å². The van der Waals surface area contributed by atoms with Gasteiger partial charge in [0.1, 0.15) is 13.8 Å². The maximum absolute atomic E-state index is 12.2. The van der Waals surface area contributed by atoms with Crippen molar-refractivity contribution in [2.75, 3.05) is 7.11 Å². The van der Waals surface area contributed by atoms with E-state index in [1.54, 1.807) is 0 Å². The SMILES string of the molecule is COC(=O)/N=C(\N=N[C+](C)C)C(F)(F)F. The van der Waals surface area contributed by atoms with Crippen molar-refractivity contribution in [2.24, 2.45) is 15.2 Å². The predicted molar refractivity (Wildman–Crippen MR) is 45.3 cm³/mol. The van der Waals surface area contributed by atoms with Crippen LogP contribution in [0.15, 0.2) is 15.2 Å². The predicted octanol–water partition coefficient (Wildman–Crippen LogP) is 2.74. The van der Waals surface area contributed by atoms with E-state index < -0.39 is 18.1 Å². The highest BCUT2D eigenvalue weighted by Gasteiger charge is 2.38. The van der Waals surface area contributed by atoms with Gasteiger partial charge in [-0.15, -0.1) is 4.99 Å². The maximum atomic E-state index is 12.2. The van der Waals surface area contributed by atoms with Gasteiger partial charge in [0, 0.05) is 5.11 Å². The van der Waals surface area contributed by atoms with Crippen LogP contribution in [0.4, 0.5) is 18.0 Å². The zero-order valence-electron chi connectivity index (χ0n) is 8.29. The molecule has 5 nitrogen and oxygen atoms in total. The van der Waals surface area contributed by atoms with Gasteiger partial charge in [-0.3, -0.25) is 0 Å². The van der Waals surface area contributed by atoms with Crippen LogP contribution < -0.4 is 0 Å². The fourth-order valence-electron chi connectivity index (χ4n) is 0.422. The second-order valence-electron chi connectivity index (χ2n) is 2.55. The van der Waals surface area contributed by atoms with Gasteiger partial charge in [-0.25, -0.2) is 4.79 Å². The number of hydrogen-bond donors (Lipinski definition) is 0. The molecule has 0 saturated heterocycles. The summed E-state index contributed by atoms with van der Waals surface area (Å²) in [4.78, 5) is 13.1. The summed E-state index contributed by atoms with van der Waals surface area (Å²) < 4.78 is 40.4. The third kappa shape index (κ3) is 5.66. The Morgan fingerprint density at radius 1 is 1.33 bits per heavy atom. The van der Waals surface area contributed by atoms with Crippen molar-refractivity contribution < 1.29 is 22.7 Å². The van der Waals surface area contributed by atoms with Crippen molar-refractivity contribution in [2.45, 2.75) is 20.0 Å². The lowest BCUT2D eigenvalue weighted by molar-refractivity contribution is -0.0602. The number of hydrogen-bond acceptors (Lipinski definition) is 3. The fraction of sp³-hybridized carbons (Fsp3) is 0.571. The van der Waals surface area contributed by atoms with Crippen LogP contribution in [0.3, 0.4) is 0 Å². The van der Waals surface area contributed by atoms with E-state index >= 15 is 0 Å². The van der Waals surface area contributed by atoms with Gasteiger partial charge in [0.05, 0.1) is 7.11 Å². The molecule has 0 radical (unpaired) electrons. The standard InChI is InChI=1S/C7H9F3N3O2/c1-4(2)12-13-5(7(8,9)10)11-6(14)15-3/h1-3H3/q+1/b11-5-,13-12?. The molecule has 84 valence electrons. The molecule has 0 rings (SSSR count). The lowest BCUT2D eigenvalue weighted by atomic mass is 10.4. The first-order chi connectivity index (χ1) is 6.77. The molecule has 0 bridgehead atoms. The van der Waals surface area contributed by atoms with Gasteiger partial charge in [0.2, 0.25) is 6.04 Å². The molecule has 1 amide bonds. The topological polar surface area (TPSA) is 63.4 Å². The monoisotopic (exact) mass is 224 g/mol. The van der Waals surface area contributed by atoms with Gasteiger partial charge in [0.15, 0.2) is 0 Å². The summed E-state index contributed by atoms with van der Waals surface area (Å²) in [5, 5.41) is 5.96. The van der Waals surface area contributed by atoms with Crippen LogP contribution >= 0.6 is 0 Å². The van der Waals surface area contributed by atoms with Gasteiger partial charge in [-0.05, 0) is 0 Å². The van der Waals surface area contributed by atoms with Crippen molar-refractivity contribution in [3.05, 3.63) is 6.04 Å². The van der Waals surface area contributed by atoms with E-state index in [1.807, 2.05) is 0 Å². The molecule has 0 aromatic rings. The van der Waals surface area contributed by atoms with Crippen LogP contribution in [0.1, 0.15) is 13.8 Å². The molecule has 0 aliphatic rings. The number of carbonyl (C=O) groups excluding carboxylic acids is 1. The molecule has 8 heteroatoms. The van der Waals surface area contributed by atoms with E-state index in [2.05, 4.69) is 20.0 Å². The van der Waals surface area contributed by atoms with Crippen LogP contribution in [-0.4, -0.2) is 25.2 Å². The van der Waals surface area contributed by atoms with Gasteiger partial charge in [-0.1, -0.05) is 5.11 Å². The molecular weight excluding hydrogens is 215 g/mol. The average Bonchev–Trinajstić information content (AvgIpc) is 2.09. The summed E-state index contributed by atoms with van der Waals surface area (Å²) in [6.45, 7) is 2.91. The Kier molecular flexibility index (Phi) is 4.75. The molecule has 0 aromatic carbocycles. The molecule has 0 N–H and O–H groups in total. The van der Waals surface area contributed by atoms with Crippen LogP contribution in [0.25, 0.3) is 0 Å². The van der Waals surface area contributed by atoms with Crippen LogP contribution in [-0.2, 0) is 4.74 Å². The molecule has 0 atom stereocenters. The Morgan fingerprint density at radius 3 is 2.20 bits per heavy atom. The molecule has 0 heterocycles. The van der Waals surface area contributed by atoms with Crippen molar-refractivity contribution in [3.8, 4) is 0 Å². The lowest BCUT2D eigenvalue weighted by Crippen LogP contribution is -2.22. The number of alkyl halides is 3. The highest BCUT2D eigenvalue weighted by Crippen LogP contribution is 2.19. The number of carbonyl (C=O) groups is 1. The van der Waals surface area contributed by atoms with Crippen molar-refractivity contribution in [1.29, 1.82) is 0 Å². The minimum absolute atomic E-state index is 0.303. The smallest absolute Gasteiger partial charge is 0.451 e. The first-order valence-corrected chi connectivity index (χ1v) is 3.73. The largest absolute Gasteiger partial charge is 0.453 e. The number of azo groups is 1. The Bertz CT molecular complexity index is 284. The quantitative estimate of drug-likeness (QED) is 0.297. The number of halogens is 3. The zero-order valence-corrected chi connectivity index (χ0v) is 8.29. The van der Waals surface area contributed by atoms with Crippen molar-refractivity contribution >= 4 is 11.9 Å². The molecule has 0 aliphatic heterocycles. The molecule has 0 spiro atoms. The molecule has 15 heavy (non-hydrogen) atoms. The van der Waals surface area contributed by atoms with E-state index in [-0.39, 0.29) is 0 Å². The van der Waals surface area contributed by atoms with E-state index in [0.29, 0.717) is 6.04 Å². The summed E-state index contributed by atoms with van der Waals surface area (Å²) >= 11 is 0. The normalized spacial score (nSPS) is 13.1.